The van der Waals surface area contributed by atoms with Crippen molar-refractivity contribution < 1.29 is 19.5 Å². The van der Waals surface area contributed by atoms with Crippen LogP contribution in [-0.2, 0) is 14.4 Å². The fourth-order valence-corrected chi connectivity index (χ4v) is 0.429. The van der Waals surface area contributed by atoms with Crippen molar-refractivity contribution in [3.05, 3.63) is 0 Å². The van der Waals surface area contributed by atoms with Crippen molar-refractivity contribution in [2.75, 3.05) is 19.8 Å². The number of hydroxylamine groups is 1. The van der Waals surface area contributed by atoms with Crippen LogP contribution < -0.4 is 5.48 Å². The number of rotatable bonds is 5. The minimum Gasteiger partial charge on any atom is -0.480 e. The molecule has 0 aromatic heterocycles. The number of carboxylic acids is 1. The molecule has 0 aliphatic carbocycles. The predicted molar refractivity (Wildman–Crippen MR) is 31.3 cm³/mol. The molecule has 0 aromatic rings. The Kier molecular flexibility index (Phi) is 2.61. The molecule has 0 saturated carbocycles. The van der Waals surface area contributed by atoms with E-state index in [0.29, 0.717) is 6.61 Å². The van der Waals surface area contributed by atoms with E-state index < -0.39 is 5.97 Å². The monoisotopic (exact) mass is 147 g/mol. The van der Waals surface area contributed by atoms with Gasteiger partial charge in [0.15, 0.2) is 0 Å². The van der Waals surface area contributed by atoms with Crippen molar-refractivity contribution in [3.63, 3.8) is 0 Å². The highest BCUT2D eigenvalue weighted by Gasteiger charge is 2.22. The lowest BCUT2D eigenvalue weighted by atomic mass is 10.5. The Balaban J connectivity index is 1.80. The van der Waals surface area contributed by atoms with Crippen LogP contribution in [0.4, 0.5) is 0 Å². The average molecular weight is 147 g/mol. The molecule has 0 amide bonds. The molecule has 1 heterocycles. The molecule has 0 radical (unpaired) electrons. The fraction of sp³-hybridized carbons (Fsp3) is 0.800. The molecule has 0 aromatic carbocycles. The van der Waals surface area contributed by atoms with Gasteiger partial charge in [0.05, 0.1) is 13.2 Å². The van der Waals surface area contributed by atoms with Crippen LogP contribution in [0.2, 0.25) is 0 Å². The molecule has 1 rings (SSSR count). The standard InChI is InChI=1S/C5H9NO4/c7-5(8)1-6-10-3-4-2-9-4/h4,6H,1-3H2,(H,7,8). The molecule has 58 valence electrons. The number of carboxylic acid groups (broad SMARTS) is 1. The van der Waals surface area contributed by atoms with E-state index in [0.717, 1.165) is 6.61 Å². The Bertz CT molecular complexity index is 123. The van der Waals surface area contributed by atoms with E-state index in [1.54, 1.807) is 0 Å². The molecular formula is C5H9NO4. The zero-order valence-corrected chi connectivity index (χ0v) is 5.37. The van der Waals surface area contributed by atoms with Crippen molar-refractivity contribution in [2.45, 2.75) is 6.10 Å². The molecule has 5 nitrogen and oxygen atoms in total. The Morgan fingerprint density at radius 1 is 1.90 bits per heavy atom. The maximum absolute atomic E-state index is 9.89. The Hall–Kier alpha value is -0.650. The van der Waals surface area contributed by atoms with Gasteiger partial charge in [-0.3, -0.25) is 9.63 Å². The maximum atomic E-state index is 9.89. The van der Waals surface area contributed by atoms with Crippen LogP contribution in [0.3, 0.4) is 0 Å². The zero-order valence-electron chi connectivity index (χ0n) is 5.37. The third-order valence-corrected chi connectivity index (χ3v) is 0.997. The smallest absolute Gasteiger partial charge is 0.319 e. The van der Waals surface area contributed by atoms with Gasteiger partial charge in [-0.25, -0.2) is 0 Å². The number of aliphatic carboxylic acids is 1. The molecule has 1 unspecified atom stereocenters. The Morgan fingerprint density at radius 2 is 2.60 bits per heavy atom. The summed E-state index contributed by atoms with van der Waals surface area (Å²) in [4.78, 5) is 14.6. The van der Waals surface area contributed by atoms with E-state index in [1.807, 2.05) is 0 Å². The number of hydrogen-bond donors (Lipinski definition) is 2. The van der Waals surface area contributed by atoms with Crippen molar-refractivity contribution in [2.24, 2.45) is 0 Å². The summed E-state index contributed by atoms with van der Waals surface area (Å²) < 4.78 is 4.80. The van der Waals surface area contributed by atoms with E-state index >= 15 is 0 Å². The highest BCUT2D eigenvalue weighted by molar-refractivity contribution is 5.68. The fourth-order valence-electron chi connectivity index (χ4n) is 0.429. The number of hydrogen-bond acceptors (Lipinski definition) is 4. The first kappa shape index (κ1) is 7.46. The van der Waals surface area contributed by atoms with Crippen molar-refractivity contribution >= 4 is 5.97 Å². The van der Waals surface area contributed by atoms with Gasteiger partial charge in [-0.15, -0.1) is 0 Å². The molecule has 1 fully saturated rings. The minimum absolute atomic E-state index is 0.168. The molecule has 1 aliphatic rings. The van der Waals surface area contributed by atoms with Gasteiger partial charge in [-0.1, -0.05) is 0 Å². The lowest BCUT2D eigenvalue weighted by molar-refractivity contribution is -0.138. The van der Waals surface area contributed by atoms with Crippen LogP contribution in [0.25, 0.3) is 0 Å². The summed E-state index contributed by atoms with van der Waals surface area (Å²) in [5.74, 6) is -0.934. The van der Waals surface area contributed by atoms with E-state index in [4.69, 9.17) is 14.7 Å². The van der Waals surface area contributed by atoms with E-state index in [9.17, 15) is 4.79 Å². The largest absolute Gasteiger partial charge is 0.480 e. The van der Waals surface area contributed by atoms with Crippen molar-refractivity contribution in [1.82, 2.24) is 5.48 Å². The third-order valence-electron chi connectivity index (χ3n) is 0.997. The van der Waals surface area contributed by atoms with Crippen LogP contribution in [-0.4, -0.2) is 36.9 Å². The van der Waals surface area contributed by atoms with Crippen molar-refractivity contribution in [1.29, 1.82) is 0 Å². The van der Waals surface area contributed by atoms with E-state index in [1.165, 1.54) is 0 Å². The van der Waals surface area contributed by atoms with Gasteiger partial charge < -0.3 is 9.84 Å². The number of carbonyl (C=O) groups is 1. The van der Waals surface area contributed by atoms with E-state index in [-0.39, 0.29) is 12.6 Å². The topological polar surface area (TPSA) is 71.1 Å². The van der Waals surface area contributed by atoms with Gasteiger partial charge in [0.25, 0.3) is 0 Å². The molecule has 1 aliphatic heterocycles. The number of ether oxygens (including phenoxy) is 1. The molecule has 5 heteroatoms. The highest BCUT2D eigenvalue weighted by atomic mass is 16.7. The average Bonchev–Trinajstić information content (AvgIpc) is 2.62. The molecule has 0 spiro atoms. The first-order valence-electron chi connectivity index (χ1n) is 2.97. The van der Waals surface area contributed by atoms with Crippen molar-refractivity contribution in [3.8, 4) is 0 Å². The second kappa shape index (κ2) is 3.50. The third kappa shape index (κ3) is 3.39. The maximum Gasteiger partial charge on any atom is 0.319 e. The SMILES string of the molecule is O=C(O)CNOCC1CO1. The second-order valence-electron chi connectivity index (χ2n) is 1.98. The van der Waals surface area contributed by atoms with Crippen LogP contribution in [0.1, 0.15) is 0 Å². The first-order valence-corrected chi connectivity index (χ1v) is 2.97. The zero-order chi connectivity index (χ0) is 7.40. The first-order chi connectivity index (χ1) is 4.79. The van der Waals surface area contributed by atoms with E-state index in [2.05, 4.69) is 5.48 Å². The molecule has 0 bridgehead atoms. The summed E-state index contributed by atoms with van der Waals surface area (Å²) in [6, 6.07) is 0. The predicted octanol–water partition coefficient (Wildman–Crippen LogP) is -1.01. The Morgan fingerprint density at radius 3 is 3.10 bits per heavy atom. The van der Waals surface area contributed by atoms with Crippen LogP contribution >= 0.6 is 0 Å². The van der Waals surface area contributed by atoms with Gasteiger partial charge in [-0.05, 0) is 0 Å². The lowest BCUT2D eigenvalue weighted by Crippen LogP contribution is -2.24. The summed E-state index contributed by atoms with van der Waals surface area (Å²) >= 11 is 0. The van der Waals surface area contributed by atoms with Crippen LogP contribution in [0.15, 0.2) is 0 Å². The molecule has 10 heavy (non-hydrogen) atoms. The molecule has 1 atom stereocenters. The van der Waals surface area contributed by atoms with Gasteiger partial charge in [0, 0.05) is 0 Å². The second-order valence-corrected chi connectivity index (χ2v) is 1.98. The Labute approximate surface area is 57.9 Å². The minimum atomic E-state index is -0.934. The normalized spacial score (nSPS) is 22.6. The summed E-state index contributed by atoms with van der Waals surface area (Å²) in [6.45, 7) is 0.967. The van der Waals surface area contributed by atoms with Gasteiger partial charge >= 0.3 is 5.97 Å². The molecule has 1 saturated heterocycles. The summed E-state index contributed by atoms with van der Waals surface area (Å²) in [6.07, 6.45) is 0.168. The summed E-state index contributed by atoms with van der Waals surface area (Å²) in [5, 5.41) is 8.12. The van der Waals surface area contributed by atoms with Gasteiger partial charge in [0.1, 0.15) is 12.6 Å². The molecular weight excluding hydrogens is 138 g/mol. The molecule has 2 N–H and O–H groups in total. The summed E-state index contributed by atoms with van der Waals surface area (Å²) in [7, 11) is 0. The summed E-state index contributed by atoms with van der Waals surface area (Å²) in [5.41, 5.74) is 2.28. The number of nitrogens with one attached hydrogen (secondary N) is 1. The van der Waals surface area contributed by atoms with Crippen LogP contribution in [0, 0.1) is 0 Å². The van der Waals surface area contributed by atoms with Gasteiger partial charge in [-0.2, -0.15) is 5.48 Å². The quantitative estimate of drug-likeness (QED) is 0.296. The lowest BCUT2D eigenvalue weighted by Gasteiger charge is -1.98. The number of epoxide rings is 1. The van der Waals surface area contributed by atoms with Gasteiger partial charge in [0.2, 0.25) is 0 Å². The van der Waals surface area contributed by atoms with Crippen LogP contribution in [0.5, 0.6) is 0 Å². The highest BCUT2D eigenvalue weighted by Crippen LogP contribution is 2.07.